The van der Waals surface area contributed by atoms with Gasteiger partial charge in [-0.1, -0.05) is 17.7 Å². The number of carbonyl (C=O) groups is 1. The van der Waals surface area contributed by atoms with Gasteiger partial charge < -0.3 is 5.32 Å². The number of hydrogen-bond donors (Lipinski definition) is 2. The summed E-state index contributed by atoms with van der Waals surface area (Å²) in [4.78, 5) is 17.1. The van der Waals surface area contributed by atoms with Gasteiger partial charge in [0.15, 0.2) is 0 Å². The average Bonchev–Trinajstić information content (AvgIpc) is 2.94. The third-order valence-electron chi connectivity index (χ3n) is 2.92. The third-order valence-corrected chi connectivity index (χ3v) is 4.08. The van der Waals surface area contributed by atoms with Gasteiger partial charge >= 0.3 is 0 Å². The number of thioether (sulfide) groups is 1. The molecule has 0 fully saturated rings. The SMILES string of the molecule is Cc1ccc(C)c(SCC(=O)NC(C)c2ncn[nH]2)c1. The number of aryl methyl sites for hydroxylation is 2. The van der Waals surface area contributed by atoms with Crippen molar-refractivity contribution < 1.29 is 4.79 Å². The van der Waals surface area contributed by atoms with Gasteiger partial charge in [0.05, 0.1) is 11.8 Å². The fraction of sp³-hybridized carbons (Fsp3) is 0.357. The standard InChI is InChI=1S/C14H18N4OS/c1-9-4-5-10(2)12(6-9)20-7-13(19)17-11(3)14-15-8-16-18-14/h4-6,8,11H,7H2,1-3H3,(H,17,19)(H,15,16,18). The first-order valence-corrected chi connectivity index (χ1v) is 7.39. The molecule has 1 heterocycles. The summed E-state index contributed by atoms with van der Waals surface area (Å²) in [5.74, 6) is 1.04. The van der Waals surface area contributed by atoms with Gasteiger partial charge in [0.25, 0.3) is 0 Å². The lowest BCUT2D eigenvalue weighted by atomic mass is 10.2. The molecule has 6 heteroatoms. The predicted octanol–water partition coefficient (Wildman–Crippen LogP) is 2.39. The molecule has 5 nitrogen and oxygen atoms in total. The normalized spacial score (nSPS) is 12.2. The second kappa shape index (κ2) is 6.56. The van der Waals surface area contributed by atoms with Crippen molar-refractivity contribution in [1.82, 2.24) is 20.5 Å². The minimum Gasteiger partial charge on any atom is -0.346 e. The summed E-state index contributed by atoms with van der Waals surface area (Å²) < 4.78 is 0. The van der Waals surface area contributed by atoms with Crippen LogP contribution in [0.25, 0.3) is 0 Å². The highest BCUT2D eigenvalue weighted by atomic mass is 32.2. The number of H-pyrrole nitrogens is 1. The van der Waals surface area contributed by atoms with Gasteiger partial charge in [-0.25, -0.2) is 4.98 Å². The Labute approximate surface area is 122 Å². The molecule has 2 N–H and O–H groups in total. The molecule has 0 saturated heterocycles. The summed E-state index contributed by atoms with van der Waals surface area (Å²) in [5.41, 5.74) is 2.39. The first kappa shape index (κ1) is 14.6. The van der Waals surface area contributed by atoms with Crippen LogP contribution in [0.5, 0.6) is 0 Å². The Bertz CT molecular complexity index is 583. The van der Waals surface area contributed by atoms with E-state index in [1.165, 1.54) is 17.5 Å². The zero-order chi connectivity index (χ0) is 14.5. The molecule has 106 valence electrons. The maximum atomic E-state index is 11.9. The van der Waals surface area contributed by atoms with Crippen molar-refractivity contribution in [3.05, 3.63) is 41.5 Å². The van der Waals surface area contributed by atoms with E-state index in [1.807, 2.05) is 6.92 Å². The highest BCUT2D eigenvalue weighted by molar-refractivity contribution is 8.00. The molecular formula is C14H18N4OS. The molecule has 0 aliphatic heterocycles. The van der Waals surface area contributed by atoms with Crippen molar-refractivity contribution in [1.29, 1.82) is 0 Å². The topological polar surface area (TPSA) is 70.7 Å². The van der Waals surface area contributed by atoms with Crippen LogP contribution in [0.3, 0.4) is 0 Å². The Kier molecular flexibility index (Phi) is 4.79. The molecule has 0 bridgehead atoms. The second-order valence-corrected chi connectivity index (χ2v) is 5.73. The van der Waals surface area contributed by atoms with Crippen LogP contribution in [0.2, 0.25) is 0 Å². The van der Waals surface area contributed by atoms with Gasteiger partial charge in [0.1, 0.15) is 12.2 Å². The predicted molar refractivity (Wildman–Crippen MR) is 79.6 cm³/mol. The molecule has 2 aromatic rings. The van der Waals surface area contributed by atoms with Crippen LogP contribution in [0, 0.1) is 13.8 Å². The number of aromatic amines is 1. The van der Waals surface area contributed by atoms with E-state index >= 15 is 0 Å². The minimum absolute atomic E-state index is 0.0141. The van der Waals surface area contributed by atoms with Crippen molar-refractivity contribution >= 4 is 17.7 Å². The van der Waals surface area contributed by atoms with Gasteiger partial charge in [0, 0.05) is 4.90 Å². The lowest BCUT2D eigenvalue weighted by Crippen LogP contribution is -2.28. The molecule has 1 aromatic heterocycles. The number of nitrogens with one attached hydrogen (secondary N) is 2. The van der Waals surface area contributed by atoms with E-state index in [0.29, 0.717) is 11.6 Å². The van der Waals surface area contributed by atoms with Crippen molar-refractivity contribution in [2.75, 3.05) is 5.75 Å². The zero-order valence-corrected chi connectivity index (χ0v) is 12.6. The lowest BCUT2D eigenvalue weighted by molar-refractivity contribution is -0.119. The average molecular weight is 290 g/mol. The zero-order valence-electron chi connectivity index (χ0n) is 11.8. The van der Waals surface area contributed by atoms with Crippen molar-refractivity contribution in [3.63, 3.8) is 0 Å². The van der Waals surface area contributed by atoms with E-state index in [-0.39, 0.29) is 11.9 Å². The Morgan fingerprint density at radius 1 is 1.45 bits per heavy atom. The van der Waals surface area contributed by atoms with Crippen LogP contribution in [0.4, 0.5) is 0 Å². The van der Waals surface area contributed by atoms with Crippen molar-refractivity contribution in [2.24, 2.45) is 0 Å². The van der Waals surface area contributed by atoms with Crippen LogP contribution >= 0.6 is 11.8 Å². The largest absolute Gasteiger partial charge is 0.346 e. The fourth-order valence-corrected chi connectivity index (χ4v) is 2.72. The summed E-state index contributed by atoms with van der Waals surface area (Å²) in [7, 11) is 0. The maximum Gasteiger partial charge on any atom is 0.230 e. The molecule has 0 saturated carbocycles. The number of benzene rings is 1. The quantitative estimate of drug-likeness (QED) is 0.830. The molecule has 2 rings (SSSR count). The van der Waals surface area contributed by atoms with E-state index in [0.717, 1.165) is 4.90 Å². The summed E-state index contributed by atoms with van der Waals surface area (Å²) in [6.45, 7) is 5.98. The first-order chi connectivity index (χ1) is 9.56. The monoisotopic (exact) mass is 290 g/mol. The second-order valence-electron chi connectivity index (χ2n) is 4.72. The molecule has 0 aliphatic rings. The number of rotatable bonds is 5. The maximum absolute atomic E-state index is 11.9. The Hall–Kier alpha value is -1.82. The van der Waals surface area contributed by atoms with Gasteiger partial charge in [-0.2, -0.15) is 5.10 Å². The minimum atomic E-state index is -0.163. The third kappa shape index (κ3) is 3.84. The van der Waals surface area contributed by atoms with Gasteiger partial charge in [0.2, 0.25) is 5.91 Å². The summed E-state index contributed by atoms with van der Waals surface area (Å²) in [6, 6.07) is 6.09. The van der Waals surface area contributed by atoms with Crippen LogP contribution in [-0.4, -0.2) is 26.8 Å². The van der Waals surface area contributed by atoms with E-state index in [1.54, 1.807) is 11.8 Å². The number of amides is 1. The highest BCUT2D eigenvalue weighted by Crippen LogP contribution is 2.23. The van der Waals surface area contributed by atoms with Crippen LogP contribution in [0.15, 0.2) is 29.4 Å². The molecule has 20 heavy (non-hydrogen) atoms. The molecule has 1 atom stereocenters. The first-order valence-electron chi connectivity index (χ1n) is 6.41. The molecule has 1 unspecified atom stereocenters. The van der Waals surface area contributed by atoms with E-state index in [2.05, 4.69) is 52.5 Å². The smallest absolute Gasteiger partial charge is 0.230 e. The summed E-state index contributed by atoms with van der Waals surface area (Å²) in [5, 5.41) is 9.42. The molecule has 0 radical (unpaired) electrons. The van der Waals surface area contributed by atoms with Crippen LogP contribution in [0.1, 0.15) is 29.9 Å². The molecule has 1 amide bonds. The number of aromatic nitrogens is 3. The number of hydrogen-bond acceptors (Lipinski definition) is 4. The highest BCUT2D eigenvalue weighted by Gasteiger charge is 2.12. The van der Waals surface area contributed by atoms with E-state index in [4.69, 9.17) is 0 Å². The molecule has 1 aromatic carbocycles. The molecule has 0 aliphatic carbocycles. The van der Waals surface area contributed by atoms with Gasteiger partial charge in [-0.05, 0) is 32.4 Å². The van der Waals surface area contributed by atoms with Crippen LogP contribution in [-0.2, 0) is 4.79 Å². The molecule has 0 spiro atoms. The van der Waals surface area contributed by atoms with Crippen LogP contribution < -0.4 is 5.32 Å². The van der Waals surface area contributed by atoms with E-state index < -0.39 is 0 Å². The number of nitrogens with zero attached hydrogens (tertiary/aromatic N) is 2. The summed E-state index contributed by atoms with van der Waals surface area (Å²) in [6.07, 6.45) is 1.43. The number of carbonyl (C=O) groups excluding carboxylic acids is 1. The molecular weight excluding hydrogens is 272 g/mol. The Morgan fingerprint density at radius 2 is 2.25 bits per heavy atom. The van der Waals surface area contributed by atoms with E-state index in [9.17, 15) is 4.79 Å². The summed E-state index contributed by atoms with van der Waals surface area (Å²) >= 11 is 1.55. The van der Waals surface area contributed by atoms with Crippen molar-refractivity contribution in [2.45, 2.75) is 31.7 Å². The Morgan fingerprint density at radius 3 is 2.95 bits per heavy atom. The lowest BCUT2D eigenvalue weighted by Gasteiger charge is -2.11. The van der Waals surface area contributed by atoms with Gasteiger partial charge in [-0.3, -0.25) is 9.89 Å². The van der Waals surface area contributed by atoms with Crippen molar-refractivity contribution in [3.8, 4) is 0 Å². The fourth-order valence-electron chi connectivity index (χ4n) is 1.78. The Balaban J connectivity index is 1.87. The van der Waals surface area contributed by atoms with Gasteiger partial charge in [-0.15, -0.1) is 11.8 Å².